The molecule has 1 unspecified atom stereocenters. The van der Waals surface area contributed by atoms with Crippen LogP contribution in [-0.2, 0) is 19.1 Å². The lowest BCUT2D eigenvalue weighted by atomic mass is 10.1. The SMILES string of the molecule is COc1cc(N2CCN(CCC(O)C3(Oc4cc(C)c(C)cc4Cl)OC(=O)C(=O)O3)CC2)cc(OC)c1OC. The average molecular weight is 565 g/mol. The minimum atomic E-state index is -2.32. The zero-order valence-electron chi connectivity index (χ0n) is 22.6. The maximum Gasteiger partial charge on any atom is 0.450 e. The van der Waals surface area contributed by atoms with Gasteiger partial charge in [-0.15, -0.1) is 0 Å². The Morgan fingerprint density at radius 2 is 1.46 bits per heavy atom. The molecule has 2 fully saturated rings. The predicted octanol–water partition coefficient (Wildman–Crippen LogP) is 2.69. The fraction of sp³-hybridized carbons (Fsp3) is 0.481. The van der Waals surface area contributed by atoms with Crippen LogP contribution in [-0.4, -0.2) is 88.1 Å². The number of esters is 2. The van der Waals surface area contributed by atoms with Gasteiger partial charge in [-0.2, -0.15) is 0 Å². The van der Waals surface area contributed by atoms with Gasteiger partial charge in [-0.25, -0.2) is 9.59 Å². The standard InChI is InChI=1S/C27H33ClN2O9/c1-16-12-19(28)20(13-17(16)2)37-27(38-25(32)26(33)39-27)23(31)6-7-29-8-10-30(11-9-29)18-14-21(34-3)24(36-5)22(15-18)35-4/h12-15,23,31H,6-11H2,1-5H3. The maximum absolute atomic E-state index is 11.9. The molecule has 1 N–H and O–H groups in total. The summed E-state index contributed by atoms with van der Waals surface area (Å²) in [5.41, 5.74) is 2.72. The molecule has 2 heterocycles. The van der Waals surface area contributed by atoms with Gasteiger partial charge in [-0.05, 0) is 43.5 Å². The smallest absolute Gasteiger partial charge is 0.450 e. The van der Waals surface area contributed by atoms with E-state index in [-0.39, 0.29) is 17.2 Å². The van der Waals surface area contributed by atoms with E-state index < -0.39 is 24.0 Å². The van der Waals surface area contributed by atoms with E-state index in [2.05, 4.69) is 9.80 Å². The first-order valence-electron chi connectivity index (χ1n) is 12.5. The van der Waals surface area contributed by atoms with Crippen LogP contribution in [0.3, 0.4) is 0 Å². The molecule has 0 spiro atoms. The highest BCUT2D eigenvalue weighted by Crippen LogP contribution is 2.41. The van der Waals surface area contributed by atoms with Crippen LogP contribution in [0.2, 0.25) is 5.02 Å². The van der Waals surface area contributed by atoms with Crippen LogP contribution in [0.1, 0.15) is 17.5 Å². The molecule has 4 rings (SSSR count). The average Bonchev–Trinajstić information content (AvgIpc) is 3.23. The number of aliphatic hydroxyl groups is 1. The summed E-state index contributed by atoms with van der Waals surface area (Å²) in [5.74, 6) is -3.00. The third-order valence-electron chi connectivity index (χ3n) is 6.95. The predicted molar refractivity (Wildman–Crippen MR) is 142 cm³/mol. The van der Waals surface area contributed by atoms with Crippen molar-refractivity contribution in [2.24, 2.45) is 0 Å². The highest BCUT2D eigenvalue weighted by molar-refractivity contribution is 6.32. The van der Waals surface area contributed by atoms with Crippen molar-refractivity contribution in [1.29, 1.82) is 0 Å². The quantitative estimate of drug-likeness (QED) is 0.339. The van der Waals surface area contributed by atoms with Gasteiger partial charge in [-0.3, -0.25) is 4.90 Å². The number of aryl methyl sites for hydroxylation is 2. The van der Waals surface area contributed by atoms with E-state index in [0.717, 1.165) is 16.8 Å². The summed E-state index contributed by atoms with van der Waals surface area (Å²) in [7, 11) is 4.72. The largest absolute Gasteiger partial charge is 0.493 e. The van der Waals surface area contributed by atoms with Crippen LogP contribution < -0.4 is 23.8 Å². The molecule has 0 saturated carbocycles. The number of carbonyl (C=O) groups excluding carboxylic acids is 2. The van der Waals surface area contributed by atoms with Crippen molar-refractivity contribution in [3.05, 3.63) is 40.4 Å². The molecule has 1 atom stereocenters. The number of carbonyl (C=O) groups is 2. The van der Waals surface area contributed by atoms with Gasteiger partial charge in [0.15, 0.2) is 17.6 Å². The number of cyclic esters (lactones) is 2. The Labute approximate surface area is 232 Å². The van der Waals surface area contributed by atoms with Gasteiger partial charge in [-0.1, -0.05) is 11.6 Å². The van der Waals surface area contributed by atoms with Crippen molar-refractivity contribution < 1.29 is 43.1 Å². The Balaban J connectivity index is 1.41. The highest BCUT2D eigenvalue weighted by Gasteiger charge is 2.57. The summed E-state index contributed by atoms with van der Waals surface area (Å²) in [4.78, 5) is 28.2. The summed E-state index contributed by atoms with van der Waals surface area (Å²) < 4.78 is 32.4. The van der Waals surface area contributed by atoms with Crippen LogP contribution in [0, 0.1) is 13.8 Å². The summed E-state index contributed by atoms with van der Waals surface area (Å²) >= 11 is 6.31. The van der Waals surface area contributed by atoms with Crippen molar-refractivity contribution in [3.63, 3.8) is 0 Å². The highest BCUT2D eigenvalue weighted by atomic mass is 35.5. The Morgan fingerprint density at radius 1 is 0.897 bits per heavy atom. The molecule has 0 bridgehead atoms. The van der Waals surface area contributed by atoms with Crippen LogP contribution in [0.15, 0.2) is 24.3 Å². The molecule has 0 radical (unpaired) electrons. The third-order valence-corrected chi connectivity index (χ3v) is 7.25. The first-order chi connectivity index (χ1) is 18.6. The molecule has 2 aromatic rings. The molecule has 11 nitrogen and oxygen atoms in total. The van der Waals surface area contributed by atoms with Gasteiger partial charge < -0.3 is 38.4 Å². The van der Waals surface area contributed by atoms with Crippen LogP contribution in [0.5, 0.6) is 23.0 Å². The second-order valence-corrected chi connectivity index (χ2v) is 9.78. The number of ether oxygens (including phenoxy) is 6. The number of aliphatic hydroxyl groups excluding tert-OH is 1. The third kappa shape index (κ3) is 5.95. The number of hydrogen-bond donors (Lipinski definition) is 1. The van der Waals surface area contributed by atoms with Gasteiger partial charge in [0.25, 0.3) is 0 Å². The number of anilines is 1. The molecule has 2 saturated heterocycles. The van der Waals surface area contributed by atoms with E-state index in [1.165, 1.54) is 0 Å². The number of nitrogens with zero attached hydrogens (tertiary/aromatic N) is 2. The lowest BCUT2D eigenvalue weighted by Crippen LogP contribution is -2.52. The van der Waals surface area contributed by atoms with Crippen LogP contribution >= 0.6 is 11.6 Å². The van der Waals surface area contributed by atoms with Crippen molar-refractivity contribution in [2.75, 3.05) is 59.0 Å². The van der Waals surface area contributed by atoms with E-state index in [1.54, 1.807) is 33.5 Å². The topological polar surface area (TPSA) is 116 Å². The minimum Gasteiger partial charge on any atom is -0.493 e. The lowest BCUT2D eigenvalue weighted by molar-refractivity contribution is -0.318. The summed E-state index contributed by atoms with van der Waals surface area (Å²) in [6.07, 6.45) is -1.36. The van der Waals surface area contributed by atoms with Gasteiger partial charge in [0.05, 0.1) is 26.4 Å². The molecule has 2 aromatic carbocycles. The fourth-order valence-corrected chi connectivity index (χ4v) is 4.81. The van der Waals surface area contributed by atoms with Crippen molar-refractivity contribution in [2.45, 2.75) is 32.3 Å². The molecule has 0 aliphatic carbocycles. The first-order valence-corrected chi connectivity index (χ1v) is 12.9. The van der Waals surface area contributed by atoms with Gasteiger partial charge in [0.1, 0.15) is 5.75 Å². The van der Waals surface area contributed by atoms with Crippen molar-refractivity contribution in [1.82, 2.24) is 4.90 Å². The molecular formula is C27H33ClN2O9. The van der Waals surface area contributed by atoms with Gasteiger partial charge in [0.2, 0.25) is 5.75 Å². The van der Waals surface area contributed by atoms with Crippen LogP contribution in [0.4, 0.5) is 5.69 Å². The zero-order chi connectivity index (χ0) is 28.3. The number of rotatable bonds is 10. The summed E-state index contributed by atoms with van der Waals surface area (Å²) in [6, 6.07) is 7.12. The lowest BCUT2D eigenvalue weighted by Gasteiger charge is -2.37. The zero-order valence-corrected chi connectivity index (χ0v) is 23.4. The molecule has 212 valence electrons. The van der Waals surface area contributed by atoms with E-state index in [9.17, 15) is 14.7 Å². The summed E-state index contributed by atoms with van der Waals surface area (Å²) in [6.45, 7) is 6.97. The Morgan fingerprint density at radius 3 is 2.00 bits per heavy atom. The first kappa shape index (κ1) is 28.6. The number of halogens is 1. The Kier molecular flexibility index (Phi) is 8.63. The molecule has 39 heavy (non-hydrogen) atoms. The number of piperazine rings is 1. The Hall–Kier alpha value is -3.41. The minimum absolute atomic E-state index is 0.104. The molecule has 0 amide bonds. The van der Waals surface area contributed by atoms with Gasteiger partial charge in [0, 0.05) is 50.5 Å². The van der Waals surface area contributed by atoms with Crippen molar-refractivity contribution in [3.8, 4) is 23.0 Å². The maximum atomic E-state index is 11.9. The fourth-order valence-electron chi connectivity index (χ4n) is 4.56. The van der Waals surface area contributed by atoms with E-state index in [0.29, 0.717) is 50.0 Å². The molecule has 2 aliphatic heterocycles. The molecule has 12 heteroatoms. The second-order valence-electron chi connectivity index (χ2n) is 9.37. The number of benzene rings is 2. The number of methoxy groups -OCH3 is 3. The monoisotopic (exact) mass is 564 g/mol. The van der Waals surface area contributed by atoms with Crippen LogP contribution in [0.25, 0.3) is 0 Å². The van der Waals surface area contributed by atoms with E-state index in [1.807, 2.05) is 26.0 Å². The van der Waals surface area contributed by atoms with E-state index in [4.69, 9.17) is 40.0 Å². The second kappa shape index (κ2) is 11.8. The van der Waals surface area contributed by atoms with Gasteiger partial charge >= 0.3 is 17.9 Å². The normalized spacial score (nSPS) is 17.9. The van der Waals surface area contributed by atoms with E-state index >= 15 is 0 Å². The summed E-state index contributed by atoms with van der Waals surface area (Å²) in [5, 5.41) is 11.3. The Bertz CT molecular complexity index is 1190. The molecular weight excluding hydrogens is 532 g/mol. The number of hydrogen-bond acceptors (Lipinski definition) is 11. The molecule has 0 aromatic heterocycles. The molecule has 2 aliphatic rings. The van der Waals surface area contributed by atoms with Crippen molar-refractivity contribution >= 4 is 29.2 Å².